The van der Waals surface area contributed by atoms with Crippen LogP contribution in [0.2, 0.25) is 0 Å². The summed E-state index contributed by atoms with van der Waals surface area (Å²) >= 11 is 1.57. The predicted octanol–water partition coefficient (Wildman–Crippen LogP) is 2.55. The molecule has 7 nitrogen and oxygen atoms in total. The number of benzene rings is 1. The molecule has 0 radical (unpaired) electrons. The van der Waals surface area contributed by atoms with Crippen molar-refractivity contribution >= 4 is 23.6 Å². The average Bonchev–Trinajstić information content (AvgIpc) is 3.30. The molecular weight excluding hydrogens is 426 g/mol. The number of carboxylic acids is 1. The van der Waals surface area contributed by atoms with Crippen molar-refractivity contribution in [1.82, 2.24) is 10.2 Å². The molecule has 172 valence electrons. The predicted molar refractivity (Wildman–Crippen MR) is 125 cm³/mol. The van der Waals surface area contributed by atoms with Crippen LogP contribution in [-0.4, -0.2) is 50.9 Å². The molecule has 32 heavy (non-hydrogen) atoms. The number of hydrogen-bond acceptors (Lipinski definition) is 6. The summed E-state index contributed by atoms with van der Waals surface area (Å²) < 4.78 is 0. The molecule has 0 saturated carbocycles. The largest absolute Gasteiger partial charge is 0.477 e. The van der Waals surface area contributed by atoms with Crippen molar-refractivity contribution in [3.63, 3.8) is 0 Å². The highest BCUT2D eigenvalue weighted by Crippen LogP contribution is 2.52. The zero-order valence-electron chi connectivity index (χ0n) is 18.4. The number of β-lactam (4-membered cyclic amide) rings is 1. The minimum atomic E-state index is -1.08. The summed E-state index contributed by atoms with van der Waals surface area (Å²) in [6.07, 6.45) is 2.63. The number of carbonyl (C=O) groups is 2. The van der Waals surface area contributed by atoms with Crippen LogP contribution >= 0.6 is 11.8 Å². The number of nitrogens with two attached hydrogens (primary N) is 1. The number of nitrogens with one attached hydrogen (secondary N) is 1. The highest BCUT2D eigenvalue weighted by Gasteiger charge is 2.60. The van der Waals surface area contributed by atoms with Gasteiger partial charge in [-0.05, 0) is 30.9 Å². The molecule has 3 aliphatic heterocycles. The number of rotatable bonds is 8. The Morgan fingerprint density at radius 1 is 1.41 bits per heavy atom. The van der Waals surface area contributed by atoms with E-state index in [2.05, 4.69) is 36.2 Å². The van der Waals surface area contributed by atoms with Gasteiger partial charge in [0.05, 0.1) is 18.1 Å². The molecule has 1 aromatic rings. The normalized spacial score (nSPS) is 31.3. The van der Waals surface area contributed by atoms with Crippen molar-refractivity contribution in [2.75, 3.05) is 6.54 Å². The number of nitrogens with zero attached hydrogens (tertiary/aromatic N) is 1. The first kappa shape index (κ1) is 23.0. The topological polar surface area (TPSA) is 116 Å². The summed E-state index contributed by atoms with van der Waals surface area (Å²) in [4.78, 5) is 26.7. The number of carbonyl (C=O) groups excluding carboxylic acids is 1. The number of thioether (sulfide) groups is 1. The lowest BCUT2D eigenvalue weighted by molar-refractivity contribution is -0.163. The van der Waals surface area contributed by atoms with Gasteiger partial charge in [0.1, 0.15) is 5.70 Å². The van der Waals surface area contributed by atoms with Crippen LogP contribution < -0.4 is 11.1 Å². The molecule has 7 atom stereocenters. The van der Waals surface area contributed by atoms with Crippen molar-refractivity contribution in [3.8, 4) is 0 Å². The minimum Gasteiger partial charge on any atom is -0.477 e. The molecule has 3 aliphatic rings. The minimum absolute atomic E-state index is 0.0508. The van der Waals surface area contributed by atoms with E-state index >= 15 is 0 Å². The Hall–Kier alpha value is -2.13. The molecule has 1 amide bonds. The molecule has 2 fully saturated rings. The van der Waals surface area contributed by atoms with Crippen molar-refractivity contribution in [3.05, 3.63) is 58.6 Å². The second-order valence-electron chi connectivity index (χ2n) is 9.01. The van der Waals surface area contributed by atoms with Gasteiger partial charge in [0, 0.05) is 34.7 Å². The fourth-order valence-corrected chi connectivity index (χ4v) is 6.68. The first-order chi connectivity index (χ1) is 15.2. The van der Waals surface area contributed by atoms with Crippen LogP contribution in [0.25, 0.3) is 0 Å². The Bertz CT molecular complexity index is 945. The molecule has 8 heteroatoms. The number of carboxylic acid groups (broad SMARTS) is 1. The van der Waals surface area contributed by atoms with Crippen LogP contribution in [-0.2, 0) is 9.59 Å². The number of aliphatic hydroxyl groups excluding tert-OH is 1. The van der Waals surface area contributed by atoms with E-state index in [9.17, 15) is 19.8 Å². The molecule has 0 spiro atoms. The average molecular weight is 458 g/mol. The maximum absolute atomic E-state index is 12.5. The van der Waals surface area contributed by atoms with Crippen molar-refractivity contribution in [1.29, 1.82) is 0 Å². The summed E-state index contributed by atoms with van der Waals surface area (Å²) in [5.41, 5.74) is 8.51. The Balaban J connectivity index is 1.46. The van der Waals surface area contributed by atoms with Crippen molar-refractivity contribution in [2.45, 2.75) is 56.2 Å². The molecular formula is C24H31N3O4S. The lowest BCUT2D eigenvalue weighted by atomic mass is 9.79. The summed E-state index contributed by atoms with van der Waals surface area (Å²) in [5, 5.41) is 23.6. The second kappa shape index (κ2) is 9.02. The Kier molecular flexibility index (Phi) is 6.49. The smallest absolute Gasteiger partial charge is 0.353 e. The van der Waals surface area contributed by atoms with Gasteiger partial charge in [0.25, 0.3) is 0 Å². The van der Waals surface area contributed by atoms with Crippen molar-refractivity contribution in [2.24, 2.45) is 17.6 Å². The van der Waals surface area contributed by atoms with Gasteiger partial charge in [0.2, 0.25) is 5.91 Å². The van der Waals surface area contributed by atoms with Gasteiger partial charge in [0.15, 0.2) is 0 Å². The number of amides is 1. The third kappa shape index (κ3) is 3.90. The van der Waals surface area contributed by atoms with Crippen LogP contribution in [0.15, 0.2) is 47.5 Å². The molecule has 0 aliphatic carbocycles. The zero-order valence-corrected chi connectivity index (χ0v) is 19.2. The van der Waals surface area contributed by atoms with E-state index in [1.54, 1.807) is 18.7 Å². The Labute approximate surface area is 192 Å². The molecule has 3 heterocycles. The van der Waals surface area contributed by atoms with E-state index in [0.29, 0.717) is 0 Å². The van der Waals surface area contributed by atoms with E-state index < -0.39 is 18.0 Å². The van der Waals surface area contributed by atoms with Gasteiger partial charge in [-0.15, -0.1) is 18.3 Å². The Morgan fingerprint density at radius 3 is 2.69 bits per heavy atom. The van der Waals surface area contributed by atoms with Gasteiger partial charge >= 0.3 is 5.97 Å². The summed E-state index contributed by atoms with van der Waals surface area (Å²) in [5.74, 6) is -2.00. The molecule has 4 rings (SSSR count). The number of aliphatic hydroxyl groups is 1. The quantitative estimate of drug-likeness (QED) is 0.350. The van der Waals surface area contributed by atoms with E-state index in [1.807, 2.05) is 13.0 Å². The molecule has 0 aromatic heterocycles. The van der Waals surface area contributed by atoms with Crippen LogP contribution in [0.1, 0.15) is 49.9 Å². The van der Waals surface area contributed by atoms with Crippen LogP contribution in [0.4, 0.5) is 0 Å². The Morgan fingerprint density at radius 2 is 2.09 bits per heavy atom. The number of aliphatic carboxylic acids is 1. The van der Waals surface area contributed by atoms with Crippen LogP contribution in [0, 0.1) is 11.8 Å². The summed E-state index contributed by atoms with van der Waals surface area (Å²) in [7, 11) is 0. The van der Waals surface area contributed by atoms with E-state index in [1.165, 1.54) is 10.5 Å². The van der Waals surface area contributed by atoms with E-state index in [4.69, 9.17) is 5.73 Å². The molecule has 0 bridgehead atoms. The van der Waals surface area contributed by atoms with Gasteiger partial charge < -0.3 is 26.2 Å². The summed E-state index contributed by atoms with van der Waals surface area (Å²) in [6.45, 7) is 8.06. The standard InChI is InChI=1S/C24H31N3O4S/c1-4-5-17(25)14-6-8-15(9-7-14)18-10-16(11-26-18)32-22-12(2)20-19(13(3)28)23(29)27(20)21(22)24(30)31/h4,6-9,12-13,16-20,26,28H,1,5,10-11,25H2,2-3H3,(H,30,31)/t12-,13-,16+,17?,18-,19-,20-/m1/s1. The molecule has 5 N–H and O–H groups in total. The third-order valence-electron chi connectivity index (χ3n) is 6.88. The highest BCUT2D eigenvalue weighted by molar-refractivity contribution is 8.03. The second-order valence-corrected chi connectivity index (χ2v) is 10.3. The van der Waals surface area contributed by atoms with Gasteiger partial charge in [-0.1, -0.05) is 37.3 Å². The van der Waals surface area contributed by atoms with E-state index in [-0.39, 0.29) is 40.9 Å². The fraction of sp³-hybridized carbons (Fsp3) is 0.500. The SMILES string of the molecule is C=CCC(N)c1ccc([C@H]2C[C@H](SC3=C(C(=O)O)N4C(=O)[C@H]([C@@H](C)O)[C@H]4[C@H]3C)CN2)cc1. The first-order valence-electron chi connectivity index (χ1n) is 11.1. The number of hydrogen-bond donors (Lipinski definition) is 4. The first-order valence-corrected chi connectivity index (χ1v) is 12.0. The number of fused-ring (bicyclic) bond motifs is 1. The highest BCUT2D eigenvalue weighted by atomic mass is 32.2. The lowest BCUT2D eigenvalue weighted by Gasteiger charge is -2.46. The maximum Gasteiger partial charge on any atom is 0.353 e. The molecule has 1 unspecified atom stereocenters. The van der Waals surface area contributed by atoms with Crippen LogP contribution in [0.3, 0.4) is 0 Å². The third-order valence-corrected chi connectivity index (χ3v) is 8.39. The van der Waals surface area contributed by atoms with Gasteiger partial charge in [-0.25, -0.2) is 4.79 Å². The van der Waals surface area contributed by atoms with Gasteiger partial charge in [-0.3, -0.25) is 4.79 Å². The van der Waals surface area contributed by atoms with E-state index in [0.717, 1.165) is 29.9 Å². The van der Waals surface area contributed by atoms with Gasteiger partial charge in [-0.2, -0.15) is 0 Å². The lowest BCUT2D eigenvalue weighted by Crippen LogP contribution is -2.63. The zero-order chi connectivity index (χ0) is 23.2. The van der Waals surface area contributed by atoms with Crippen LogP contribution in [0.5, 0.6) is 0 Å². The summed E-state index contributed by atoms with van der Waals surface area (Å²) in [6, 6.07) is 8.18. The monoisotopic (exact) mass is 457 g/mol. The fourth-order valence-electron chi connectivity index (χ4n) is 5.20. The van der Waals surface area contributed by atoms with Crippen molar-refractivity contribution < 1.29 is 19.8 Å². The molecule has 1 aromatic carbocycles. The maximum atomic E-state index is 12.5. The molecule has 2 saturated heterocycles.